The van der Waals surface area contributed by atoms with Gasteiger partial charge in [0, 0.05) is 23.5 Å². The van der Waals surface area contributed by atoms with Gasteiger partial charge in [-0.1, -0.05) is 56.5 Å². The number of rotatable bonds is 9. The highest BCUT2D eigenvalue weighted by molar-refractivity contribution is 6.06. The molecule has 4 aromatic rings. The Bertz CT molecular complexity index is 1600. The fraction of sp³-hybridized carbons (Fsp3) is 0.367. The number of carboxylic acids is 1. The number of aromatic nitrogens is 2. The minimum Gasteiger partial charge on any atom is -0.477 e. The van der Waals surface area contributed by atoms with Crippen molar-refractivity contribution in [3.8, 4) is 0 Å². The average molecular weight is 545 g/mol. The third-order valence-corrected chi connectivity index (χ3v) is 8.14. The van der Waals surface area contributed by atoms with Crippen molar-refractivity contribution in [1.29, 1.82) is 0 Å². The predicted molar refractivity (Wildman–Crippen MR) is 148 cm³/mol. The van der Waals surface area contributed by atoms with E-state index in [0.29, 0.717) is 54.1 Å². The van der Waals surface area contributed by atoms with Crippen LogP contribution in [0.25, 0.3) is 22.0 Å². The summed E-state index contributed by atoms with van der Waals surface area (Å²) in [6.45, 7) is 1.89. The molecule has 40 heavy (non-hydrogen) atoms. The SMILES string of the molecule is CCC[C@H](NC(=O)[C@@H]1CCCC[C@@]1(C(N)=O)c1c(C(=O)O)n(C)c2ccccc12)C(=O)c1nc2ccccc2o1. The summed E-state index contributed by atoms with van der Waals surface area (Å²) < 4.78 is 7.20. The molecule has 0 bridgehead atoms. The summed E-state index contributed by atoms with van der Waals surface area (Å²) in [5.74, 6) is -4.04. The lowest BCUT2D eigenvalue weighted by Gasteiger charge is -2.41. The van der Waals surface area contributed by atoms with Gasteiger partial charge >= 0.3 is 5.97 Å². The highest BCUT2D eigenvalue weighted by Gasteiger charge is 2.54. The topological polar surface area (TPSA) is 158 Å². The van der Waals surface area contributed by atoms with Crippen molar-refractivity contribution in [2.24, 2.45) is 18.7 Å². The molecule has 0 saturated heterocycles. The van der Waals surface area contributed by atoms with Crippen molar-refractivity contribution in [2.75, 3.05) is 0 Å². The Kier molecular flexibility index (Phi) is 7.18. The Morgan fingerprint density at radius 1 is 1.15 bits per heavy atom. The first-order valence-electron chi connectivity index (χ1n) is 13.5. The summed E-state index contributed by atoms with van der Waals surface area (Å²) in [5, 5.41) is 13.7. The van der Waals surface area contributed by atoms with Gasteiger partial charge in [0.25, 0.3) is 5.89 Å². The van der Waals surface area contributed by atoms with E-state index in [1.165, 1.54) is 4.57 Å². The van der Waals surface area contributed by atoms with Crippen LogP contribution in [0, 0.1) is 5.92 Å². The predicted octanol–water partition coefficient (Wildman–Crippen LogP) is 4.10. The van der Waals surface area contributed by atoms with Crippen LogP contribution >= 0.6 is 0 Å². The molecule has 1 saturated carbocycles. The minimum absolute atomic E-state index is 0.0765. The van der Waals surface area contributed by atoms with Crippen molar-refractivity contribution in [2.45, 2.75) is 56.9 Å². The molecule has 1 fully saturated rings. The number of fused-ring (bicyclic) bond motifs is 2. The average Bonchev–Trinajstić information content (AvgIpc) is 3.51. The zero-order valence-corrected chi connectivity index (χ0v) is 22.5. The molecular weight excluding hydrogens is 512 g/mol. The van der Waals surface area contributed by atoms with E-state index in [1.807, 2.05) is 6.92 Å². The fourth-order valence-electron chi connectivity index (χ4n) is 6.30. The highest BCUT2D eigenvalue weighted by Crippen LogP contribution is 2.48. The number of carbonyl (C=O) groups is 4. The van der Waals surface area contributed by atoms with Gasteiger partial charge in [-0.3, -0.25) is 14.4 Å². The van der Waals surface area contributed by atoms with Gasteiger partial charge in [-0.2, -0.15) is 0 Å². The summed E-state index contributed by atoms with van der Waals surface area (Å²) >= 11 is 0. The lowest BCUT2D eigenvalue weighted by Crippen LogP contribution is -2.56. The quantitative estimate of drug-likeness (QED) is 0.268. The molecule has 3 atom stereocenters. The molecule has 1 aliphatic rings. The molecule has 2 amide bonds. The normalized spacial score (nSPS) is 19.9. The third kappa shape index (κ3) is 4.33. The molecule has 10 heteroatoms. The second-order valence-corrected chi connectivity index (χ2v) is 10.4. The maximum Gasteiger partial charge on any atom is 0.352 e. The number of ketones is 1. The number of nitrogens with two attached hydrogens (primary N) is 1. The maximum absolute atomic E-state index is 14.0. The maximum atomic E-state index is 14.0. The molecule has 208 valence electrons. The number of Topliss-reactive ketones (excluding diaryl/α,β-unsaturated/α-hetero) is 1. The lowest BCUT2D eigenvalue weighted by molar-refractivity contribution is -0.137. The van der Waals surface area contributed by atoms with E-state index in [4.69, 9.17) is 10.2 Å². The van der Waals surface area contributed by atoms with Crippen LogP contribution in [0.15, 0.2) is 52.9 Å². The third-order valence-electron chi connectivity index (χ3n) is 8.14. The van der Waals surface area contributed by atoms with Gasteiger partial charge in [0.1, 0.15) is 11.2 Å². The van der Waals surface area contributed by atoms with E-state index in [1.54, 1.807) is 55.6 Å². The Labute approximate surface area is 230 Å². The van der Waals surface area contributed by atoms with Crippen molar-refractivity contribution >= 4 is 45.6 Å². The zero-order valence-electron chi connectivity index (χ0n) is 22.5. The first kappa shape index (κ1) is 27.1. The van der Waals surface area contributed by atoms with E-state index in [9.17, 15) is 24.3 Å². The van der Waals surface area contributed by atoms with Crippen molar-refractivity contribution in [3.63, 3.8) is 0 Å². The number of hydrogen-bond acceptors (Lipinski definition) is 6. The van der Waals surface area contributed by atoms with Gasteiger partial charge in [0.05, 0.1) is 17.4 Å². The molecule has 0 aliphatic heterocycles. The molecule has 10 nitrogen and oxygen atoms in total. The number of primary amides is 1. The number of aromatic carboxylic acids is 1. The first-order chi connectivity index (χ1) is 19.2. The molecule has 2 aromatic heterocycles. The van der Waals surface area contributed by atoms with Gasteiger partial charge < -0.3 is 25.1 Å². The van der Waals surface area contributed by atoms with Crippen LogP contribution in [0.3, 0.4) is 0 Å². The molecule has 0 radical (unpaired) electrons. The number of carboxylic acid groups (broad SMARTS) is 1. The van der Waals surface area contributed by atoms with Crippen LogP contribution < -0.4 is 11.1 Å². The van der Waals surface area contributed by atoms with E-state index >= 15 is 0 Å². The summed E-state index contributed by atoms with van der Waals surface area (Å²) in [4.78, 5) is 57.8. The Morgan fingerprint density at radius 3 is 2.58 bits per heavy atom. The number of para-hydroxylation sites is 3. The molecule has 1 aliphatic carbocycles. The van der Waals surface area contributed by atoms with Crippen molar-refractivity contribution < 1.29 is 28.7 Å². The Balaban J connectivity index is 1.57. The van der Waals surface area contributed by atoms with E-state index in [2.05, 4.69) is 10.3 Å². The molecule has 2 aromatic carbocycles. The second-order valence-electron chi connectivity index (χ2n) is 10.4. The number of nitrogens with one attached hydrogen (secondary N) is 1. The van der Waals surface area contributed by atoms with Crippen molar-refractivity contribution in [3.05, 3.63) is 65.7 Å². The number of nitrogens with zero attached hydrogens (tertiary/aromatic N) is 2. The highest BCUT2D eigenvalue weighted by atomic mass is 16.4. The minimum atomic E-state index is -1.58. The number of carbonyl (C=O) groups excluding carboxylic acids is 3. The molecule has 2 heterocycles. The van der Waals surface area contributed by atoms with Gasteiger partial charge in [0.2, 0.25) is 17.6 Å². The number of aryl methyl sites for hydroxylation is 1. The van der Waals surface area contributed by atoms with Crippen LogP contribution in [0.5, 0.6) is 0 Å². The number of oxazole rings is 1. The van der Waals surface area contributed by atoms with Gasteiger partial charge in [-0.25, -0.2) is 9.78 Å². The molecule has 0 spiro atoms. The monoisotopic (exact) mass is 544 g/mol. The van der Waals surface area contributed by atoms with Gasteiger partial charge in [-0.15, -0.1) is 0 Å². The van der Waals surface area contributed by atoms with Crippen LogP contribution in [-0.4, -0.2) is 44.3 Å². The smallest absolute Gasteiger partial charge is 0.352 e. The molecule has 4 N–H and O–H groups in total. The summed E-state index contributed by atoms with van der Waals surface area (Å²) in [6.07, 6.45) is 2.69. The largest absolute Gasteiger partial charge is 0.477 e. The number of amides is 2. The Morgan fingerprint density at radius 2 is 1.88 bits per heavy atom. The number of hydrogen-bond donors (Lipinski definition) is 3. The van der Waals surface area contributed by atoms with E-state index in [0.717, 1.165) is 0 Å². The first-order valence-corrected chi connectivity index (χ1v) is 13.5. The summed E-state index contributed by atoms with van der Waals surface area (Å²) in [7, 11) is 1.62. The van der Waals surface area contributed by atoms with Crippen LogP contribution in [0.4, 0.5) is 0 Å². The van der Waals surface area contributed by atoms with Crippen LogP contribution in [0.2, 0.25) is 0 Å². The lowest BCUT2D eigenvalue weighted by atomic mass is 9.60. The van der Waals surface area contributed by atoms with Gasteiger partial charge in [-0.05, 0) is 37.5 Å². The van der Waals surface area contributed by atoms with Gasteiger partial charge in [0.15, 0.2) is 5.58 Å². The second kappa shape index (κ2) is 10.6. The summed E-state index contributed by atoms with van der Waals surface area (Å²) in [5.41, 5.74) is 6.32. The van der Waals surface area contributed by atoms with Crippen molar-refractivity contribution in [1.82, 2.24) is 14.9 Å². The Hall–Kier alpha value is -4.47. The van der Waals surface area contributed by atoms with E-state index in [-0.39, 0.29) is 23.6 Å². The summed E-state index contributed by atoms with van der Waals surface area (Å²) in [6, 6.07) is 13.1. The molecular formula is C30H32N4O6. The van der Waals surface area contributed by atoms with Crippen LogP contribution in [0.1, 0.15) is 72.2 Å². The van der Waals surface area contributed by atoms with Crippen LogP contribution in [-0.2, 0) is 22.1 Å². The standard InChI is InChI=1S/C30H32N4O6/c1-3-10-20(25(35)27-33-19-13-5-7-15-22(19)40-27)32-26(36)18-12-8-9-16-30(18,29(31)39)23-17-11-4-6-14-21(17)34(2)24(23)28(37)38/h4-7,11,13-15,18,20H,3,8-10,12,16H2,1-2H3,(H2,31,39)(H,32,36)(H,37,38)/t18-,20-,30-/m0/s1. The molecule has 5 rings (SSSR count). The zero-order chi connectivity index (χ0) is 28.6. The number of benzene rings is 2. The molecule has 0 unspecified atom stereocenters. The van der Waals surface area contributed by atoms with E-state index < -0.39 is 40.9 Å². The fourth-order valence-corrected chi connectivity index (χ4v) is 6.30.